The Labute approximate surface area is 189 Å². The van der Waals surface area contributed by atoms with Crippen molar-refractivity contribution in [2.24, 2.45) is 0 Å². The normalized spacial score (nSPS) is 15.1. The summed E-state index contributed by atoms with van der Waals surface area (Å²) < 4.78 is 47.1. The van der Waals surface area contributed by atoms with E-state index in [1.165, 1.54) is 19.2 Å². The molecule has 0 aliphatic carbocycles. The summed E-state index contributed by atoms with van der Waals surface area (Å²) in [6.45, 7) is 1.33. The molecule has 1 aliphatic rings. The van der Waals surface area contributed by atoms with Crippen molar-refractivity contribution >= 4 is 17.6 Å². The standard InChI is InChI=1S/C24H23F3N2O2S/c1-31-20-4-2-3-5-22(20)32-21-7-6-16(14-19(21)24(25,26)27)17-8-11-28-23(15-17)29-12-9-18(30)10-13-29/h2-8,11,14-15,18,30H,9-10,12-13H2,1H3. The number of hydrogen-bond donors (Lipinski definition) is 1. The van der Waals surface area contributed by atoms with Gasteiger partial charge in [0, 0.05) is 24.2 Å². The molecule has 0 amide bonds. The van der Waals surface area contributed by atoms with Gasteiger partial charge in [0.15, 0.2) is 0 Å². The van der Waals surface area contributed by atoms with E-state index in [2.05, 4.69) is 4.98 Å². The Morgan fingerprint density at radius 1 is 1.00 bits per heavy atom. The van der Waals surface area contributed by atoms with Gasteiger partial charge in [-0.3, -0.25) is 0 Å². The summed E-state index contributed by atoms with van der Waals surface area (Å²) in [7, 11) is 1.50. The number of aliphatic hydroxyl groups is 1. The summed E-state index contributed by atoms with van der Waals surface area (Å²) in [6.07, 6.45) is -1.89. The topological polar surface area (TPSA) is 45.6 Å². The van der Waals surface area contributed by atoms with Crippen LogP contribution in [0.3, 0.4) is 0 Å². The predicted molar refractivity (Wildman–Crippen MR) is 119 cm³/mol. The predicted octanol–water partition coefficient (Wildman–Crippen LogP) is 5.89. The highest BCUT2D eigenvalue weighted by Crippen LogP contribution is 2.43. The molecule has 4 nitrogen and oxygen atoms in total. The van der Waals surface area contributed by atoms with Crippen molar-refractivity contribution < 1.29 is 23.0 Å². The van der Waals surface area contributed by atoms with Crippen LogP contribution in [0.4, 0.5) is 19.0 Å². The van der Waals surface area contributed by atoms with Gasteiger partial charge in [-0.2, -0.15) is 13.2 Å². The molecule has 0 spiro atoms. The van der Waals surface area contributed by atoms with E-state index in [-0.39, 0.29) is 11.0 Å². The molecule has 1 aromatic heterocycles. The summed E-state index contributed by atoms with van der Waals surface area (Å²) in [5, 5.41) is 9.71. The third-order valence-corrected chi connectivity index (χ3v) is 6.57. The minimum atomic E-state index is -4.50. The maximum atomic E-state index is 13.9. The molecular weight excluding hydrogens is 437 g/mol. The Bertz CT molecular complexity index is 1080. The molecule has 1 fully saturated rings. The van der Waals surface area contributed by atoms with E-state index >= 15 is 0 Å². The van der Waals surface area contributed by atoms with Gasteiger partial charge in [0.05, 0.1) is 23.7 Å². The highest BCUT2D eigenvalue weighted by Gasteiger charge is 2.34. The molecule has 0 atom stereocenters. The highest BCUT2D eigenvalue weighted by atomic mass is 32.2. The van der Waals surface area contributed by atoms with Crippen LogP contribution in [-0.4, -0.2) is 36.4 Å². The number of nitrogens with zero attached hydrogens (tertiary/aromatic N) is 2. The van der Waals surface area contributed by atoms with Crippen molar-refractivity contribution in [2.75, 3.05) is 25.1 Å². The number of rotatable bonds is 5. The van der Waals surface area contributed by atoms with Gasteiger partial charge in [-0.1, -0.05) is 30.0 Å². The third kappa shape index (κ3) is 5.02. The van der Waals surface area contributed by atoms with E-state index in [0.717, 1.165) is 11.8 Å². The first kappa shape index (κ1) is 22.5. The Kier molecular flexibility index (Phi) is 6.62. The number of para-hydroxylation sites is 1. The monoisotopic (exact) mass is 460 g/mol. The summed E-state index contributed by atoms with van der Waals surface area (Å²) in [5.41, 5.74) is 0.452. The summed E-state index contributed by atoms with van der Waals surface area (Å²) >= 11 is 1.03. The van der Waals surface area contributed by atoms with E-state index in [9.17, 15) is 18.3 Å². The van der Waals surface area contributed by atoms with Crippen molar-refractivity contribution in [2.45, 2.75) is 34.9 Å². The van der Waals surface area contributed by atoms with Crippen molar-refractivity contribution in [1.82, 2.24) is 4.98 Å². The molecular formula is C24H23F3N2O2S. The number of anilines is 1. The largest absolute Gasteiger partial charge is 0.496 e. The number of methoxy groups -OCH3 is 1. The second kappa shape index (κ2) is 9.42. The molecule has 0 unspecified atom stereocenters. The molecule has 1 aliphatic heterocycles. The lowest BCUT2D eigenvalue weighted by atomic mass is 10.0. The maximum absolute atomic E-state index is 13.9. The molecule has 0 bridgehead atoms. The van der Waals surface area contributed by atoms with Crippen LogP contribution >= 0.6 is 11.8 Å². The SMILES string of the molecule is COc1ccccc1Sc1ccc(-c2ccnc(N3CCC(O)CC3)c2)cc1C(F)(F)F. The Balaban J connectivity index is 1.67. The van der Waals surface area contributed by atoms with Crippen LogP contribution in [0.15, 0.2) is 70.6 Å². The quantitative estimate of drug-likeness (QED) is 0.515. The molecule has 1 N–H and O–H groups in total. The molecule has 2 heterocycles. The number of piperidine rings is 1. The molecule has 4 rings (SSSR count). The molecule has 0 saturated carbocycles. The van der Waals surface area contributed by atoms with Crippen LogP contribution in [-0.2, 0) is 6.18 Å². The average Bonchev–Trinajstić information content (AvgIpc) is 2.79. The van der Waals surface area contributed by atoms with E-state index in [1.54, 1.807) is 48.7 Å². The van der Waals surface area contributed by atoms with Crippen LogP contribution < -0.4 is 9.64 Å². The van der Waals surface area contributed by atoms with Gasteiger partial charge >= 0.3 is 6.18 Å². The van der Waals surface area contributed by atoms with E-state index in [4.69, 9.17) is 4.74 Å². The highest BCUT2D eigenvalue weighted by molar-refractivity contribution is 7.99. The van der Waals surface area contributed by atoms with Gasteiger partial charge in [0.2, 0.25) is 0 Å². The molecule has 168 valence electrons. The van der Waals surface area contributed by atoms with Gasteiger partial charge in [-0.15, -0.1) is 0 Å². The van der Waals surface area contributed by atoms with Crippen molar-refractivity contribution in [1.29, 1.82) is 0 Å². The number of hydrogen-bond acceptors (Lipinski definition) is 5. The first-order valence-corrected chi connectivity index (χ1v) is 11.1. The minimum absolute atomic E-state index is 0.116. The maximum Gasteiger partial charge on any atom is 0.417 e. The zero-order valence-electron chi connectivity index (χ0n) is 17.5. The summed E-state index contributed by atoms with van der Waals surface area (Å²) in [4.78, 5) is 7.16. The lowest BCUT2D eigenvalue weighted by Gasteiger charge is -2.30. The molecule has 32 heavy (non-hydrogen) atoms. The summed E-state index contributed by atoms with van der Waals surface area (Å²) in [5.74, 6) is 1.23. The molecule has 1 saturated heterocycles. The van der Waals surface area contributed by atoms with Crippen molar-refractivity contribution in [3.8, 4) is 16.9 Å². The van der Waals surface area contributed by atoms with Crippen LogP contribution in [0.1, 0.15) is 18.4 Å². The van der Waals surface area contributed by atoms with Crippen LogP contribution in [0.2, 0.25) is 0 Å². The minimum Gasteiger partial charge on any atom is -0.496 e. The Morgan fingerprint density at radius 2 is 1.72 bits per heavy atom. The number of halogens is 3. The van der Waals surface area contributed by atoms with Gasteiger partial charge in [0.1, 0.15) is 11.6 Å². The lowest BCUT2D eigenvalue weighted by molar-refractivity contribution is -0.139. The molecule has 2 aromatic carbocycles. The zero-order valence-corrected chi connectivity index (χ0v) is 18.3. The first-order valence-electron chi connectivity index (χ1n) is 10.3. The van der Waals surface area contributed by atoms with Gasteiger partial charge in [-0.05, 0) is 60.4 Å². The van der Waals surface area contributed by atoms with E-state index < -0.39 is 11.7 Å². The number of benzene rings is 2. The van der Waals surface area contributed by atoms with Crippen LogP contribution in [0, 0.1) is 0 Å². The number of pyridine rings is 1. The van der Waals surface area contributed by atoms with E-state index in [0.29, 0.717) is 53.5 Å². The number of aromatic nitrogens is 1. The first-order chi connectivity index (χ1) is 15.3. The fraction of sp³-hybridized carbons (Fsp3) is 0.292. The second-order valence-electron chi connectivity index (χ2n) is 7.58. The smallest absolute Gasteiger partial charge is 0.417 e. The molecule has 0 radical (unpaired) electrons. The number of alkyl halides is 3. The molecule has 8 heteroatoms. The fourth-order valence-corrected chi connectivity index (χ4v) is 4.76. The van der Waals surface area contributed by atoms with Crippen LogP contribution in [0.5, 0.6) is 5.75 Å². The van der Waals surface area contributed by atoms with Gasteiger partial charge < -0.3 is 14.7 Å². The van der Waals surface area contributed by atoms with E-state index in [1.807, 2.05) is 4.90 Å². The molecule has 3 aromatic rings. The van der Waals surface area contributed by atoms with Gasteiger partial charge in [0.25, 0.3) is 0 Å². The fourth-order valence-electron chi connectivity index (χ4n) is 3.71. The third-order valence-electron chi connectivity index (χ3n) is 5.44. The zero-order chi connectivity index (χ0) is 22.7. The lowest BCUT2D eigenvalue weighted by Crippen LogP contribution is -2.36. The number of aliphatic hydroxyl groups excluding tert-OH is 1. The Morgan fingerprint density at radius 3 is 2.44 bits per heavy atom. The second-order valence-corrected chi connectivity index (χ2v) is 8.67. The summed E-state index contributed by atoms with van der Waals surface area (Å²) in [6, 6.07) is 14.9. The van der Waals surface area contributed by atoms with Crippen molar-refractivity contribution in [3.05, 3.63) is 66.4 Å². The van der Waals surface area contributed by atoms with Crippen molar-refractivity contribution in [3.63, 3.8) is 0 Å². The van der Waals surface area contributed by atoms with Gasteiger partial charge in [-0.25, -0.2) is 4.98 Å². The Hall–Kier alpha value is -2.71. The average molecular weight is 461 g/mol. The van der Waals surface area contributed by atoms with Crippen LogP contribution in [0.25, 0.3) is 11.1 Å². The number of ether oxygens (including phenoxy) is 1.